The average Bonchev–Trinajstić information content (AvgIpc) is 2.78. The van der Waals surface area contributed by atoms with Crippen molar-refractivity contribution in [2.45, 2.75) is 129 Å². The number of rotatable bonds is 22. The summed E-state index contributed by atoms with van der Waals surface area (Å²) in [4.78, 5) is 22.1. The molecule has 0 saturated carbocycles. The predicted molar refractivity (Wildman–Crippen MR) is 154 cm³/mol. The van der Waals surface area contributed by atoms with Gasteiger partial charge in [-0.05, 0) is 48.4 Å². The van der Waals surface area contributed by atoms with E-state index in [1.54, 1.807) is 0 Å². The van der Waals surface area contributed by atoms with E-state index < -0.39 is 0 Å². The second-order valence-electron chi connectivity index (χ2n) is 8.14. The van der Waals surface area contributed by atoms with Crippen LogP contribution in [0.1, 0.15) is 129 Å². The molecular formula is C26H50I2O4. The van der Waals surface area contributed by atoms with Crippen molar-refractivity contribution in [1.29, 1.82) is 0 Å². The molecule has 0 rings (SSSR count). The highest BCUT2D eigenvalue weighted by Crippen LogP contribution is 2.11. The lowest BCUT2D eigenvalue weighted by molar-refractivity contribution is -0.144. The summed E-state index contributed by atoms with van der Waals surface area (Å²) in [5.41, 5.74) is 0. The van der Waals surface area contributed by atoms with Crippen LogP contribution in [0.15, 0.2) is 0 Å². The quantitative estimate of drug-likeness (QED) is 0.0496. The largest absolute Gasteiger partial charge is 0.466 e. The molecule has 192 valence electrons. The van der Waals surface area contributed by atoms with Gasteiger partial charge in [0.05, 0.1) is 13.2 Å². The molecular weight excluding hydrogens is 630 g/mol. The van der Waals surface area contributed by atoms with Gasteiger partial charge in [-0.1, -0.05) is 122 Å². The third-order valence-corrected chi connectivity index (χ3v) is 6.67. The molecule has 0 atom stereocenters. The zero-order valence-corrected chi connectivity index (χ0v) is 25.3. The summed E-state index contributed by atoms with van der Waals surface area (Å²) >= 11 is 4.87. The molecule has 32 heavy (non-hydrogen) atoms. The Morgan fingerprint density at radius 1 is 0.469 bits per heavy atom. The molecule has 0 fully saturated rings. The van der Waals surface area contributed by atoms with Crippen LogP contribution in [0.25, 0.3) is 0 Å². The van der Waals surface area contributed by atoms with Gasteiger partial charge in [-0.25, -0.2) is 0 Å². The number of hydrogen-bond donors (Lipinski definition) is 0. The lowest BCUT2D eigenvalue weighted by Gasteiger charge is -2.02. The molecule has 0 amide bonds. The van der Waals surface area contributed by atoms with E-state index in [9.17, 15) is 9.59 Å². The normalized spacial score (nSPS) is 10.4. The van der Waals surface area contributed by atoms with Crippen molar-refractivity contribution in [2.24, 2.45) is 0 Å². The van der Waals surface area contributed by atoms with Gasteiger partial charge in [-0.2, -0.15) is 0 Å². The van der Waals surface area contributed by atoms with Crippen LogP contribution in [-0.4, -0.2) is 34.0 Å². The van der Waals surface area contributed by atoms with E-state index in [4.69, 9.17) is 9.47 Å². The third-order valence-electron chi connectivity index (χ3n) is 5.14. The Labute approximate surface area is 226 Å². The van der Waals surface area contributed by atoms with Gasteiger partial charge in [0.15, 0.2) is 0 Å². The molecule has 0 aromatic rings. The summed E-state index contributed by atoms with van der Waals surface area (Å²) in [6.07, 6.45) is 21.7. The molecule has 6 heteroatoms. The standard InChI is InChI=1S/2C13H25IO2/c2*1-2-16-13(15)11-9-7-5-3-4-6-8-10-12-14/h2*2-12H2,1H3. The number of alkyl halides is 2. The molecule has 0 aromatic heterocycles. The topological polar surface area (TPSA) is 52.6 Å². The van der Waals surface area contributed by atoms with Crippen molar-refractivity contribution < 1.29 is 19.1 Å². The molecule has 0 unspecified atom stereocenters. The first-order valence-electron chi connectivity index (χ1n) is 13.0. The van der Waals surface area contributed by atoms with Crippen molar-refractivity contribution in [2.75, 3.05) is 22.1 Å². The molecule has 0 bridgehead atoms. The minimum Gasteiger partial charge on any atom is -0.466 e. The van der Waals surface area contributed by atoms with E-state index in [1.807, 2.05) is 13.8 Å². The van der Waals surface area contributed by atoms with Crippen LogP contribution in [0.4, 0.5) is 0 Å². The number of hydrogen-bond acceptors (Lipinski definition) is 4. The van der Waals surface area contributed by atoms with Gasteiger partial charge in [0.1, 0.15) is 0 Å². The fourth-order valence-electron chi connectivity index (χ4n) is 3.32. The molecule has 0 aliphatic heterocycles. The van der Waals surface area contributed by atoms with Crippen molar-refractivity contribution in [1.82, 2.24) is 0 Å². The van der Waals surface area contributed by atoms with E-state index in [0.717, 1.165) is 12.8 Å². The van der Waals surface area contributed by atoms with Crippen LogP contribution in [0.3, 0.4) is 0 Å². The average molecular weight is 680 g/mol. The zero-order chi connectivity index (χ0) is 24.1. The first-order chi connectivity index (χ1) is 15.6. The number of unbranched alkanes of at least 4 members (excludes halogenated alkanes) is 14. The first kappa shape index (κ1) is 34.6. The third kappa shape index (κ3) is 32.6. The monoisotopic (exact) mass is 680 g/mol. The van der Waals surface area contributed by atoms with Gasteiger partial charge in [-0.3, -0.25) is 9.59 Å². The van der Waals surface area contributed by atoms with Gasteiger partial charge in [0, 0.05) is 12.8 Å². The highest BCUT2D eigenvalue weighted by atomic mass is 127. The van der Waals surface area contributed by atoms with Gasteiger partial charge in [0.2, 0.25) is 0 Å². The Bertz CT molecular complexity index is 356. The van der Waals surface area contributed by atoms with Gasteiger partial charge >= 0.3 is 11.9 Å². The summed E-state index contributed by atoms with van der Waals surface area (Å²) in [5, 5.41) is 0. The molecule has 4 nitrogen and oxygen atoms in total. The maximum absolute atomic E-state index is 11.0. The van der Waals surface area contributed by atoms with Gasteiger partial charge < -0.3 is 9.47 Å². The molecule has 0 radical (unpaired) electrons. The number of halogens is 2. The number of carbonyl (C=O) groups is 2. The number of ether oxygens (including phenoxy) is 2. The predicted octanol–water partition coefficient (Wildman–Crippen LogP) is 8.99. The fraction of sp³-hybridized carbons (Fsp3) is 0.923. The smallest absolute Gasteiger partial charge is 0.305 e. The molecule has 0 spiro atoms. The maximum Gasteiger partial charge on any atom is 0.305 e. The van der Waals surface area contributed by atoms with E-state index in [2.05, 4.69) is 45.2 Å². The molecule has 0 heterocycles. The Hall–Kier alpha value is 0.400. The lowest BCUT2D eigenvalue weighted by Crippen LogP contribution is -2.03. The fourth-order valence-corrected chi connectivity index (χ4v) is 4.39. The SMILES string of the molecule is CCOC(=O)CCCCCCCCCCI.CCOC(=O)CCCCCCCCCCI. The highest BCUT2D eigenvalue weighted by Gasteiger charge is 2.01. The molecule has 0 N–H and O–H groups in total. The molecule has 0 aromatic carbocycles. The lowest BCUT2D eigenvalue weighted by atomic mass is 10.1. The summed E-state index contributed by atoms with van der Waals surface area (Å²) in [7, 11) is 0. The zero-order valence-electron chi connectivity index (χ0n) is 20.9. The summed E-state index contributed by atoms with van der Waals surface area (Å²) in [6, 6.07) is 0. The Morgan fingerprint density at radius 2 is 0.719 bits per heavy atom. The van der Waals surface area contributed by atoms with Crippen LogP contribution in [0, 0.1) is 0 Å². The Morgan fingerprint density at radius 3 is 0.969 bits per heavy atom. The molecule has 0 saturated heterocycles. The van der Waals surface area contributed by atoms with Crippen LogP contribution in [0.2, 0.25) is 0 Å². The van der Waals surface area contributed by atoms with E-state index >= 15 is 0 Å². The number of carbonyl (C=O) groups excluding carboxylic acids is 2. The van der Waals surface area contributed by atoms with E-state index in [0.29, 0.717) is 26.1 Å². The molecule has 0 aliphatic carbocycles. The Kier molecular flexibility index (Phi) is 33.9. The summed E-state index contributed by atoms with van der Waals surface area (Å²) < 4.78 is 12.3. The number of esters is 2. The van der Waals surface area contributed by atoms with Gasteiger partial charge in [-0.15, -0.1) is 0 Å². The summed E-state index contributed by atoms with van der Waals surface area (Å²) in [5.74, 6) is -0.0749. The summed E-state index contributed by atoms with van der Waals surface area (Å²) in [6.45, 7) is 4.73. The Balaban J connectivity index is 0. The van der Waals surface area contributed by atoms with Crippen molar-refractivity contribution in [3.63, 3.8) is 0 Å². The second kappa shape index (κ2) is 31.4. The van der Waals surface area contributed by atoms with E-state index in [1.165, 1.54) is 98.7 Å². The van der Waals surface area contributed by atoms with Gasteiger partial charge in [0.25, 0.3) is 0 Å². The van der Waals surface area contributed by atoms with Crippen LogP contribution in [0.5, 0.6) is 0 Å². The van der Waals surface area contributed by atoms with Crippen molar-refractivity contribution in [3.05, 3.63) is 0 Å². The van der Waals surface area contributed by atoms with Crippen molar-refractivity contribution in [3.8, 4) is 0 Å². The first-order valence-corrected chi connectivity index (χ1v) is 16.1. The minimum absolute atomic E-state index is 0.0375. The van der Waals surface area contributed by atoms with Crippen LogP contribution >= 0.6 is 45.2 Å². The van der Waals surface area contributed by atoms with Crippen LogP contribution in [-0.2, 0) is 19.1 Å². The maximum atomic E-state index is 11.0. The van der Waals surface area contributed by atoms with Crippen molar-refractivity contribution >= 4 is 57.1 Å². The second-order valence-corrected chi connectivity index (χ2v) is 10.3. The minimum atomic E-state index is -0.0375. The van der Waals surface area contributed by atoms with E-state index in [-0.39, 0.29) is 11.9 Å². The molecule has 0 aliphatic rings. The highest BCUT2D eigenvalue weighted by molar-refractivity contribution is 14.1. The van der Waals surface area contributed by atoms with Crippen LogP contribution < -0.4 is 0 Å².